The first kappa shape index (κ1) is 14.6. The molecule has 1 atom stereocenters. The summed E-state index contributed by atoms with van der Waals surface area (Å²) in [7, 11) is 0. The highest BCUT2D eigenvalue weighted by atomic mass is 19.4. The molecule has 0 aliphatic heterocycles. The Morgan fingerprint density at radius 2 is 2.10 bits per heavy atom. The monoisotopic (exact) mass is 288 g/mol. The van der Waals surface area contributed by atoms with Crippen LogP contribution in [-0.2, 0) is 11.3 Å². The number of alkyl halides is 3. The minimum absolute atomic E-state index is 0.107. The van der Waals surface area contributed by atoms with Crippen molar-refractivity contribution >= 4 is 11.6 Å². The van der Waals surface area contributed by atoms with Crippen molar-refractivity contribution in [2.24, 2.45) is 11.3 Å². The predicted molar refractivity (Wildman–Crippen MR) is 67.3 cm³/mol. The summed E-state index contributed by atoms with van der Waals surface area (Å²) < 4.78 is 37.5. The molecule has 0 aromatic carbocycles. The molecule has 20 heavy (non-hydrogen) atoms. The average Bonchev–Trinajstić information content (AvgIpc) is 2.92. The molecule has 0 radical (unpaired) electrons. The van der Waals surface area contributed by atoms with E-state index in [1.54, 1.807) is 0 Å². The Balaban J connectivity index is 2.15. The lowest BCUT2D eigenvalue weighted by atomic mass is 10.1. The van der Waals surface area contributed by atoms with Crippen molar-refractivity contribution in [3.8, 4) is 0 Å². The van der Waals surface area contributed by atoms with Gasteiger partial charge in [0.2, 0.25) is 5.91 Å². The highest BCUT2D eigenvalue weighted by Crippen LogP contribution is 2.51. The van der Waals surface area contributed by atoms with Gasteiger partial charge in [0.25, 0.3) is 5.56 Å². The van der Waals surface area contributed by atoms with E-state index >= 15 is 0 Å². The second kappa shape index (κ2) is 4.64. The Hall–Kier alpha value is -1.79. The van der Waals surface area contributed by atoms with Gasteiger partial charge in [-0.05, 0) is 24.0 Å². The van der Waals surface area contributed by atoms with Gasteiger partial charge < -0.3 is 9.88 Å². The lowest BCUT2D eigenvalue weighted by Crippen LogP contribution is -2.30. The van der Waals surface area contributed by atoms with Gasteiger partial charge in [0.05, 0.1) is 0 Å². The number of hydrogen-bond donors (Lipinski definition) is 1. The summed E-state index contributed by atoms with van der Waals surface area (Å²) in [5.41, 5.74) is -1.08. The normalized spacial score (nSPS) is 20.6. The average molecular weight is 288 g/mol. The van der Waals surface area contributed by atoms with E-state index in [9.17, 15) is 22.8 Å². The molecule has 1 heterocycles. The van der Waals surface area contributed by atoms with Crippen molar-refractivity contribution < 1.29 is 18.0 Å². The minimum Gasteiger partial charge on any atom is -0.321 e. The molecule has 1 aromatic rings. The van der Waals surface area contributed by atoms with Crippen molar-refractivity contribution in [2.75, 3.05) is 5.32 Å². The van der Waals surface area contributed by atoms with Gasteiger partial charge in [-0.15, -0.1) is 0 Å². The van der Waals surface area contributed by atoms with Crippen molar-refractivity contribution in [1.29, 1.82) is 0 Å². The summed E-state index contributed by atoms with van der Waals surface area (Å²) in [5.74, 6) is -0.518. The van der Waals surface area contributed by atoms with Crippen LogP contribution >= 0.6 is 0 Å². The van der Waals surface area contributed by atoms with Crippen LogP contribution < -0.4 is 10.9 Å². The van der Waals surface area contributed by atoms with Crippen LogP contribution in [0.2, 0.25) is 0 Å². The predicted octanol–water partition coefficient (Wildman–Crippen LogP) is 2.40. The van der Waals surface area contributed by atoms with E-state index in [2.05, 4.69) is 5.32 Å². The first-order valence-electron chi connectivity index (χ1n) is 6.17. The van der Waals surface area contributed by atoms with E-state index in [1.165, 1.54) is 12.1 Å². The fourth-order valence-electron chi connectivity index (χ4n) is 2.08. The zero-order valence-electron chi connectivity index (χ0n) is 11.1. The number of halogens is 3. The number of anilines is 1. The number of pyridine rings is 1. The number of hydrogen-bond acceptors (Lipinski definition) is 2. The Morgan fingerprint density at radius 3 is 2.60 bits per heavy atom. The lowest BCUT2D eigenvalue weighted by molar-refractivity contribution is -0.141. The van der Waals surface area contributed by atoms with Crippen LogP contribution in [0.1, 0.15) is 20.3 Å². The van der Waals surface area contributed by atoms with E-state index in [1.807, 2.05) is 13.8 Å². The summed E-state index contributed by atoms with van der Waals surface area (Å²) in [6.45, 7) is 2.47. The molecule has 0 spiro atoms. The van der Waals surface area contributed by atoms with E-state index in [0.717, 1.165) is 6.20 Å². The van der Waals surface area contributed by atoms with Crippen LogP contribution in [0, 0.1) is 11.3 Å². The number of nitrogens with zero attached hydrogens (tertiary/aromatic N) is 1. The zero-order chi connectivity index (χ0) is 15.1. The highest BCUT2D eigenvalue weighted by molar-refractivity contribution is 5.94. The van der Waals surface area contributed by atoms with Crippen LogP contribution in [0.3, 0.4) is 0 Å². The van der Waals surface area contributed by atoms with Crippen LogP contribution in [-0.4, -0.2) is 16.7 Å². The van der Waals surface area contributed by atoms with Gasteiger partial charge >= 0.3 is 6.18 Å². The van der Waals surface area contributed by atoms with E-state index in [-0.39, 0.29) is 22.9 Å². The van der Waals surface area contributed by atoms with Crippen LogP contribution in [0.15, 0.2) is 23.1 Å². The van der Waals surface area contributed by atoms with Gasteiger partial charge in [-0.2, -0.15) is 13.2 Å². The fourth-order valence-corrected chi connectivity index (χ4v) is 2.08. The smallest absolute Gasteiger partial charge is 0.321 e. The quantitative estimate of drug-likeness (QED) is 0.928. The van der Waals surface area contributed by atoms with Crippen molar-refractivity contribution in [2.45, 2.75) is 33.0 Å². The summed E-state index contributed by atoms with van der Waals surface area (Å²) in [6, 6.07) is 2.61. The summed E-state index contributed by atoms with van der Waals surface area (Å²) in [6.07, 6.45) is -2.72. The number of carbonyl (C=O) groups excluding carboxylic acids is 1. The highest BCUT2D eigenvalue weighted by Gasteiger charge is 2.50. The minimum atomic E-state index is -4.48. The number of rotatable bonds is 3. The van der Waals surface area contributed by atoms with E-state index in [4.69, 9.17) is 0 Å². The van der Waals surface area contributed by atoms with Gasteiger partial charge in [-0.1, -0.05) is 13.8 Å². The molecule has 110 valence electrons. The molecule has 0 saturated heterocycles. The summed E-state index contributed by atoms with van der Waals surface area (Å²) in [4.78, 5) is 23.7. The molecular weight excluding hydrogens is 273 g/mol. The topological polar surface area (TPSA) is 51.1 Å². The van der Waals surface area contributed by atoms with Gasteiger partial charge in [0.15, 0.2) is 0 Å². The maximum atomic E-state index is 12.3. The Kier molecular flexibility index (Phi) is 3.39. The SMILES string of the molecule is CC1(C)C[C@@H]1C(=O)Nc1cccn(CC(F)(F)F)c1=O. The van der Waals surface area contributed by atoms with Crippen LogP contribution in [0.5, 0.6) is 0 Å². The zero-order valence-corrected chi connectivity index (χ0v) is 11.1. The third kappa shape index (κ3) is 3.20. The maximum Gasteiger partial charge on any atom is 0.406 e. The Labute approximate surface area is 113 Å². The standard InChI is InChI=1S/C13H15F3N2O2/c1-12(2)6-8(12)10(19)17-9-4-3-5-18(11(9)20)7-13(14,15)16/h3-5,8H,6-7H2,1-2H3,(H,17,19)/t8-/m1/s1. The maximum absolute atomic E-state index is 12.3. The number of amides is 1. The molecule has 2 rings (SSSR count). The molecule has 1 aliphatic rings. The number of aromatic nitrogens is 1. The molecule has 1 fully saturated rings. The first-order chi connectivity index (χ1) is 9.10. The molecule has 7 heteroatoms. The largest absolute Gasteiger partial charge is 0.406 e. The molecule has 4 nitrogen and oxygen atoms in total. The molecule has 0 bridgehead atoms. The molecule has 0 unspecified atom stereocenters. The fraction of sp³-hybridized carbons (Fsp3) is 0.538. The van der Waals surface area contributed by atoms with Crippen molar-refractivity contribution in [1.82, 2.24) is 4.57 Å². The molecule has 1 aliphatic carbocycles. The van der Waals surface area contributed by atoms with Gasteiger partial charge in [-0.3, -0.25) is 9.59 Å². The summed E-state index contributed by atoms with van der Waals surface area (Å²) in [5, 5.41) is 2.41. The Morgan fingerprint density at radius 1 is 1.50 bits per heavy atom. The lowest BCUT2D eigenvalue weighted by Gasteiger charge is -2.11. The molecule has 1 saturated carbocycles. The number of nitrogens with one attached hydrogen (secondary N) is 1. The van der Waals surface area contributed by atoms with E-state index < -0.39 is 18.3 Å². The second-order valence-corrected chi connectivity index (χ2v) is 5.70. The second-order valence-electron chi connectivity index (χ2n) is 5.70. The van der Waals surface area contributed by atoms with Crippen LogP contribution in [0.4, 0.5) is 18.9 Å². The van der Waals surface area contributed by atoms with Crippen LogP contribution in [0.25, 0.3) is 0 Å². The third-order valence-corrected chi connectivity index (χ3v) is 3.46. The molecular formula is C13H15F3N2O2. The van der Waals surface area contributed by atoms with E-state index in [0.29, 0.717) is 11.0 Å². The van der Waals surface area contributed by atoms with Gasteiger partial charge in [-0.25, -0.2) is 0 Å². The van der Waals surface area contributed by atoms with Gasteiger partial charge in [0.1, 0.15) is 12.2 Å². The molecule has 1 amide bonds. The van der Waals surface area contributed by atoms with Crippen molar-refractivity contribution in [3.05, 3.63) is 28.7 Å². The number of carbonyl (C=O) groups is 1. The van der Waals surface area contributed by atoms with Crippen molar-refractivity contribution in [3.63, 3.8) is 0 Å². The molecule has 1 N–H and O–H groups in total. The van der Waals surface area contributed by atoms with Gasteiger partial charge in [0, 0.05) is 12.1 Å². The summed E-state index contributed by atoms with van der Waals surface area (Å²) >= 11 is 0. The Bertz CT molecular complexity index is 590. The third-order valence-electron chi connectivity index (χ3n) is 3.46. The molecule has 1 aromatic heterocycles. The first-order valence-corrected chi connectivity index (χ1v) is 6.17.